The van der Waals surface area contributed by atoms with Gasteiger partial charge in [0.15, 0.2) is 5.16 Å². The lowest BCUT2D eigenvalue weighted by Gasteiger charge is -2.19. The van der Waals surface area contributed by atoms with Gasteiger partial charge in [0.1, 0.15) is 5.60 Å². The molecule has 1 aromatic carbocycles. The second kappa shape index (κ2) is 6.00. The van der Waals surface area contributed by atoms with E-state index >= 15 is 0 Å². The fraction of sp³-hybridized carbons (Fsp3) is 0.400. The Hall–Kier alpha value is -2.02. The Labute approximate surface area is 132 Å². The summed E-state index contributed by atoms with van der Waals surface area (Å²) in [5.41, 5.74) is 0.638. The van der Waals surface area contributed by atoms with Crippen molar-refractivity contribution in [3.63, 3.8) is 0 Å². The van der Waals surface area contributed by atoms with Gasteiger partial charge in [0, 0.05) is 0 Å². The van der Waals surface area contributed by atoms with Gasteiger partial charge in [0.05, 0.1) is 16.7 Å². The van der Waals surface area contributed by atoms with Crippen LogP contribution in [0, 0.1) is 6.92 Å². The Morgan fingerprint density at radius 1 is 1.41 bits per heavy atom. The normalized spacial score (nSPS) is 11.6. The van der Waals surface area contributed by atoms with Gasteiger partial charge in [-0.25, -0.2) is 9.66 Å². The number of hydrogen-bond acceptors (Lipinski definition) is 6. The smallest absolute Gasteiger partial charge is 0.316 e. The van der Waals surface area contributed by atoms with Crippen LogP contribution in [0.15, 0.2) is 28.2 Å². The highest BCUT2D eigenvalue weighted by atomic mass is 32.2. The molecule has 0 bridgehead atoms. The van der Waals surface area contributed by atoms with Crippen molar-refractivity contribution in [2.75, 3.05) is 11.6 Å². The number of esters is 1. The molecule has 118 valence electrons. The lowest BCUT2D eigenvalue weighted by Crippen LogP contribution is -2.30. The quantitative estimate of drug-likeness (QED) is 0.402. The van der Waals surface area contributed by atoms with E-state index in [9.17, 15) is 9.59 Å². The lowest BCUT2D eigenvalue weighted by atomic mass is 10.2. The first-order valence-electron chi connectivity index (χ1n) is 6.80. The number of nitrogens with zero attached hydrogens (tertiary/aromatic N) is 2. The number of hydrogen-bond donors (Lipinski definition) is 1. The number of aryl methyl sites for hydroxylation is 1. The van der Waals surface area contributed by atoms with Crippen molar-refractivity contribution in [1.29, 1.82) is 0 Å². The highest BCUT2D eigenvalue weighted by Crippen LogP contribution is 2.18. The summed E-state index contributed by atoms with van der Waals surface area (Å²) >= 11 is 1.08. The van der Waals surface area contributed by atoms with Crippen LogP contribution in [0.3, 0.4) is 0 Å². The van der Waals surface area contributed by atoms with Gasteiger partial charge in [-0.15, -0.1) is 0 Å². The van der Waals surface area contributed by atoms with Crippen molar-refractivity contribution in [3.05, 3.63) is 34.1 Å². The number of nitrogen functional groups attached to an aromatic ring is 1. The van der Waals surface area contributed by atoms with Crippen molar-refractivity contribution in [2.45, 2.75) is 38.5 Å². The van der Waals surface area contributed by atoms with Gasteiger partial charge in [0.2, 0.25) is 0 Å². The molecule has 0 aliphatic heterocycles. The van der Waals surface area contributed by atoms with Crippen LogP contribution < -0.4 is 11.4 Å². The molecule has 0 saturated carbocycles. The van der Waals surface area contributed by atoms with Crippen LogP contribution in [0.5, 0.6) is 0 Å². The van der Waals surface area contributed by atoms with Gasteiger partial charge in [-0.05, 0) is 39.8 Å². The average Bonchev–Trinajstić information content (AvgIpc) is 2.40. The standard InChI is InChI=1S/C15H19N3O3S/c1-9-5-6-11-10(7-9)13(20)18(16)14(17-11)22-8-12(19)21-15(2,3)4/h5-7H,8,16H2,1-4H3. The van der Waals surface area contributed by atoms with Crippen molar-refractivity contribution in [2.24, 2.45) is 0 Å². The molecule has 0 aliphatic carbocycles. The number of carbonyl (C=O) groups is 1. The Kier molecular flexibility index (Phi) is 4.46. The van der Waals surface area contributed by atoms with Crippen LogP contribution in [0.1, 0.15) is 26.3 Å². The van der Waals surface area contributed by atoms with Gasteiger partial charge < -0.3 is 10.6 Å². The third-order valence-electron chi connectivity index (χ3n) is 2.76. The van der Waals surface area contributed by atoms with E-state index in [0.717, 1.165) is 22.0 Å². The summed E-state index contributed by atoms with van der Waals surface area (Å²) in [5.74, 6) is 5.44. The second-order valence-electron chi connectivity index (χ2n) is 5.97. The van der Waals surface area contributed by atoms with Gasteiger partial charge >= 0.3 is 5.97 Å². The second-order valence-corrected chi connectivity index (χ2v) is 6.91. The van der Waals surface area contributed by atoms with Crippen molar-refractivity contribution in [1.82, 2.24) is 9.66 Å². The predicted molar refractivity (Wildman–Crippen MR) is 87.5 cm³/mol. The Morgan fingerprint density at radius 3 is 2.73 bits per heavy atom. The molecule has 2 aromatic rings. The molecule has 6 nitrogen and oxygen atoms in total. The number of nitrogens with two attached hydrogens (primary N) is 1. The van der Waals surface area contributed by atoms with Crippen molar-refractivity contribution in [3.8, 4) is 0 Å². The fourth-order valence-corrected chi connectivity index (χ4v) is 2.58. The number of thioether (sulfide) groups is 1. The van der Waals surface area contributed by atoms with Gasteiger partial charge in [-0.1, -0.05) is 23.4 Å². The summed E-state index contributed by atoms with van der Waals surface area (Å²) in [5, 5.41) is 0.747. The predicted octanol–water partition coefficient (Wildman–Crippen LogP) is 1.85. The molecule has 0 amide bonds. The lowest BCUT2D eigenvalue weighted by molar-refractivity contribution is -0.151. The van der Waals surface area contributed by atoms with Gasteiger partial charge in [0.25, 0.3) is 5.56 Å². The van der Waals surface area contributed by atoms with E-state index in [1.165, 1.54) is 0 Å². The molecule has 7 heteroatoms. The highest BCUT2D eigenvalue weighted by Gasteiger charge is 2.18. The third-order valence-corrected chi connectivity index (χ3v) is 3.69. The maximum absolute atomic E-state index is 12.2. The molecule has 22 heavy (non-hydrogen) atoms. The topological polar surface area (TPSA) is 87.2 Å². The number of benzene rings is 1. The summed E-state index contributed by atoms with van der Waals surface area (Å²) in [6.45, 7) is 7.28. The molecular formula is C15H19N3O3S. The molecule has 0 atom stereocenters. The highest BCUT2D eigenvalue weighted by molar-refractivity contribution is 7.99. The van der Waals surface area contributed by atoms with E-state index in [0.29, 0.717) is 10.9 Å². The van der Waals surface area contributed by atoms with E-state index in [1.54, 1.807) is 32.9 Å². The number of carbonyl (C=O) groups excluding carboxylic acids is 1. The Balaban J connectivity index is 2.26. The van der Waals surface area contributed by atoms with Crippen molar-refractivity contribution < 1.29 is 9.53 Å². The Morgan fingerprint density at radius 2 is 2.09 bits per heavy atom. The van der Waals surface area contributed by atoms with Gasteiger partial charge in [-0.3, -0.25) is 9.59 Å². The molecule has 1 aromatic heterocycles. The van der Waals surface area contributed by atoms with Gasteiger partial charge in [-0.2, -0.15) is 0 Å². The number of ether oxygens (including phenoxy) is 1. The molecule has 0 saturated heterocycles. The summed E-state index contributed by atoms with van der Waals surface area (Å²) in [7, 11) is 0. The molecule has 2 rings (SSSR count). The molecule has 0 fully saturated rings. The minimum atomic E-state index is -0.547. The van der Waals surface area contributed by atoms with E-state index in [1.807, 2.05) is 13.0 Å². The fourth-order valence-electron chi connectivity index (χ4n) is 1.89. The first-order valence-corrected chi connectivity index (χ1v) is 7.79. The number of aromatic nitrogens is 2. The third kappa shape index (κ3) is 3.79. The minimum absolute atomic E-state index is 0.0400. The van der Waals surface area contributed by atoms with Crippen LogP contribution >= 0.6 is 11.8 Å². The average molecular weight is 321 g/mol. The SMILES string of the molecule is Cc1ccc2nc(SCC(=O)OC(C)(C)C)n(N)c(=O)c2c1. The number of fused-ring (bicyclic) bond motifs is 1. The Bertz CT molecular complexity index is 778. The van der Waals surface area contributed by atoms with Crippen LogP contribution in [-0.4, -0.2) is 27.0 Å². The summed E-state index contributed by atoms with van der Waals surface area (Å²) in [6, 6.07) is 5.39. The summed E-state index contributed by atoms with van der Waals surface area (Å²) in [6.07, 6.45) is 0. The molecule has 0 spiro atoms. The monoisotopic (exact) mass is 321 g/mol. The zero-order chi connectivity index (χ0) is 16.5. The van der Waals surface area contributed by atoms with E-state index in [-0.39, 0.29) is 22.4 Å². The molecule has 0 aliphatic rings. The van der Waals surface area contributed by atoms with E-state index in [2.05, 4.69) is 4.98 Å². The zero-order valence-corrected chi connectivity index (χ0v) is 13.9. The molecule has 2 N–H and O–H groups in total. The number of rotatable bonds is 3. The molecular weight excluding hydrogens is 302 g/mol. The maximum atomic E-state index is 12.2. The van der Waals surface area contributed by atoms with Crippen LogP contribution in [0.4, 0.5) is 0 Å². The summed E-state index contributed by atoms with van der Waals surface area (Å²) in [4.78, 5) is 28.3. The zero-order valence-electron chi connectivity index (χ0n) is 13.0. The molecule has 1 heterocycles. The molecule has 0 radical (unpaired) electrons. The van der Waals surface area contributed by atoms with E-state index < -0.39 is 5.60 Å². The van der Waals surface area contributed by atoms with Crippen LogP contribution in [-0.2, 0) is 9.53 Å². The first kappa shape index (κ1) is 16.4. The largest absolute Gasteiger partial charge is 0.459 e. The summed E-state index contributed by atoms with van der Waals surface area (Å²) < 4.78 is 6.19. The first-order chi connectivity index (χ1) is 10.2. The van der Waals surface area contributed by atoms with Crippen molar-refractivity contribution >= 4 is 28.6 Å². The maximum Gasteiger partial charge on any atom is 0.316 e. The van der Waals surface area contributed by atoms with Crippen LogP contribution in [0.2, 0.25) is 0 Å². The van der Waals surface area contributed by atoms with E-state index in [4.69, 9.17) is 10.6 Å². The van der Waals surface area contributed by atoms with Crippen LogP contribution in [0.25, 0.3) is 10.9 Å². The minimum Gasteiger partial charge on any atom is -0.459 e. The molecule has 0 unspecified atom stereocenters.